The molecule has 0 bridgehead atoms. The van der Waals surface area contributed by atoms with Gasteiger partial charge in [0.25, 0.3) is 0 Å². The van der Waals surface area contributed by atoms with Gasteiger partial charge in [-0.1, -0.05) is 15.9 Å². The number of ether oxygens (including phenoxy) is 1. The van der Waals surface area contributed by atoms with Crippen molar-refractivity contribution in [2.45, 2.75) is 52.2 Å². The molecule has 0 aliphatic carbocycles. The Morgan fingerprint density at radius 1 is 1.27 bits per heavy atom. The molecule has 1 aliphatic rings. The molecule has 1 fully saturated rings. The summed E-state index contributed by atoms with van der Waals surface area (Å²) >= 11 is 3.52. The predicted molar refractivity (Wildman–Crippen MR) is 93.3 cm³/mol. The average Bonchev–Trinajstić information content (AvgIpc) is 2.36. The molecule has 2 rings (SSSR count). The average molecular weight is 369 g/mol. The number of benzene rings is 1. The summed E-state index contributed by atoms with van der Waals surface area (Å²) in [5.41, 5.74) is 1.92. The predicted octanol–water partition coefficient (Wildman–Crippen LogP) is 4.57. The van der Waals surface area contributed by atoms with E-state index in [9.17, 15) is 4.79 Å². The molecular formula is C17H25BrN2O2. The number of aryl methyl sites for hydroxylation is 1. The van der Waals surface area contributed by atoms with Gasteiger partial charge in [-0.05, 0) is 64.3 Å². The van der Waals surface area contributed by atoms with Crippen LogP contribution in [0.3, 0.4) is 0 Å². The smallest absolute Gasteiger partial charge is 0.410 e. The second kappa shape index (κ2) is 6.90. The van der Waals surface area contributed by atoms with Crippen LogP contribution in [0, 0.1) is 6.92 Å². The molecule has 1 aliphatic heterocycles. The molecule has 1 aromatic carbocycles. The molecular weight excluding hydrogens is 344 g/mol. The van der Waals surface area contributed by atoms with E-state index >= 15 is 0 Å². The van der Waals surface area contributed by atoms with Crippen LogP contribution >= 0.6 is 15.9 Å². The van der Waals surface area contributed by atoms with Crippen molar-refractivity contribution in [2.75, 3.05) is 18.4 Å². The standard InChI is InChI=1S/C17H25BrN2O2/c1-12-9-13(18)11-15(10-12)19-14-5-7-20(8-6-14)16(21)22-17(2,3)4/h9-11,14,19H,5-8H2,1-4H3. The number of hydrogen-bond donors (Lipinski definition) is 1. The molecule has 1 saturated heterocycles. The summed E-state index contributed by atoms with van der Waals surface area (Å²) in [5.74, 6) is 0. The first-order valence-corrected chi connectivity index (χ1v) is 8.54. The minimum Gasteiger partial charge on any atom is -0.444 e. The third kappa shape index (κ3) is 5.20. The van der Waals surface area contributed by atoms with E-state index in [2.05, 4.69) is 46.4 Å². The van der Waals surface area contributed by atoms with Gasteiger partial charge >= 0.3 is 6.09 Å². The molecule has 1 heterocycles. The van der Waals surface area contributed by atoms with Crippen LogP contribution in [0.5, 0.6) is 0 Å². The van der Waals surface area contributed by atoms with Gasteiger partial charge in [0.2, 0.25) is 0 Å². The number of anilines is 1. The third-order valence-electron chi connectivity index (χ3n) is 3.56. The van der Waals surface area contributed by atoms with Crippen molar-refractivity contribution in [1.29, 1.82) is 0 Å². The third-order valence-corrected chi connectivity index (χ3v) is 4.02. The number of likely N-dealkylation sites (tertiary alicyclic amines) is 1. The molecule has 0 aromatic heterocycles. The second-order valence-corrected chi connectivity index (χ2v) is 7.82. The van der Waals surface area contributed by atoms with Crippen LogP contribution in [0.25, 0.3) is 0 Å². The van der Waals surface area contributed by atoms with Crippen LogP contribution in [0.15, 0.2) is 22.7 Å². The van der Waals surface area contributed by atoms with Gasteiger partial charge in [-0.3, -0.25) is 0 Å². The van der Waals surface area contributed by atoms with Crippen molar-refractivity contribution in [1.82, 2.24) is 4.90 Å². The lowest BCUT2D eigenvalue weighted by atomic mass is 10.0. The molecule has 0 radical (unpaired) electrons. The van der Waals surface area contributed by atoms with Crippen molar-refractivity contribution >= 4 is 27.7 Å². The van der Waals surface area contributed by atoms with Gasteiger partial charge in [0, 0.05) is 29.3 Å². The normalized spacial score (nSPS) is 16.5. The minimum atomic E-state index is -0.431. The number of rotatable bonds is 2. The Bertz CT molecular complexity index is 512. The van der Waals surface area contributed by atoms with Crippen molar-refractivity contribution in [3.8, 4) is 0 Å². The van der Waals surface area contributed by atoms with Crippen LogP contribution in [-0.2, 0) is 4.74 Å². The summed E-state index contributed by atoms with van der Waals surface area (Å²) in [6, 6.07) is 6.72. The van der Waals surface area contributed by atoms with E-state index in [4.69, 9.17) is 4.74 Å². The fourth-order valence-corrected chi connectivity index (χ4v) is 3.20. The molecule has 0 unspecified atom stereocenters. The first-order valence-electron chi connectivity index (χ1n) is 7.74. The van der Waals surface area contributed by atoms with Crippen LogP contribution in [0.2, 0.25) is 0 Å². The topological polar surface area (TPSA) is 41.6 Å². The molecule has 5 heteroatoms. The van der Waals surface area contributed by atoms with Gasteiger partial charge in [0.15, 0.2) is 0 Å². The first-order chi connectivity index (χ1) is 10.2. The summed E-state index contributed by atoms with van der Waals surface area (Å²) < 4.78 is 6.51. The number of halogens is 1. The van der Waals surface area contributed by atoms with Crippen LogP contribution < -0.4 is 5.32 Å². The minimum absolute atomic E-state index is 0.204. The number of carbonyl (C=O) groups is 1. The van der Waals surface area contributed by atoms with E-state index in [1.165, 1.54) is 5.56 Å². The lowest BCUT2D eigenvalue weighted by Crippen LogP contribution is -2.44. The van der Waals surface area contributed by atoms with Gasteiger partial charge in [-0.15, -0.1) is 0 Å². The zero-order chi connectivity index (χ0) is 16.3. The van der Waals surface area contributed by atoms with Crippen molar-refractivity contribution in [3.05, 3.63) is 28.2 Å². The molecule has 22 heavy (non-hydrogen) atoms. The number of nitrogens with zero attached hydrogens (tertiary/aromatic N) is 1. The monoisotopic (exact) mass is 368 g/mol. The van der Waals surface area contributed by atoms with Crippen molar-refractivity contribution in [3.63, 3.8) is 0 Å². The van der Waals surface area contributed by atoms with Gasteiger partial charge in [-0.25, -0.2) is 4.79 Å². The number of nitrogens with one attached hydrogen (secondary N) is 1. The summed E-state index contributed by atoms with van der Waals surface area (Å²) in [6.07, 6.45) is 1.67. The lowest BCUT2D eigenvalue weighted by molar-refractivity contribution is 0.0210. The quantitative estimate of drug-likeness (QED) is 0.830. The highest BCUT2D eigenvalue weighted by molar-refractivity contribution is 9.10. The zero-order valence-corrected chi connectivity index (χ0v) is 15.4. The Morgan fingerprint density at radius 3 is 2.45 bits per heavy atom. The molecule has 4 nitrogen and oxygen atoms in total. The molecule has 1 aromatic rings. The van der Waals surface area contributed by atoms with Gasteiger partial charge < -0.3 is 15.0 Å². The summed E-state index contributed by atoms with van der Waals surface area (Å²) in [5, 5.41) is 3.56. The molecule has 122 valence electrons. The van der Waals surface area contributed by atoms with Crippen molar-refractivity contribution in [2.24, 2.45) is 0 Å². The summed E-state index contributed by atoms with van der Waals surface area (Å²) in [4.78, 5) is 13.8. The SMILES string of the molecule is Cc1cc(Br)cc(NC2CCN(C(=O)OC(C)(C)C)CC2)c1. The number of amides is 1. The fourth-order valence-electron chi connectivity index (χ4n) is 2.59. The van der Waals surface area contributed by atoms with E-state index in [-0.39, 0.29) is 6.09 Å². The van der Waals surface area contributed by atoms with Crippen molar-refractivity contribution < 1.29 is 9.53 Å². The number of carbonyl (C=O) groups excluding carboxylic acids is 1. The number of hydrogen-bond acceptors (Lipinski definition) is 3. The Balaban J connectivity index is 1.86. The molecule has 1 N–H and O–H groups in total. The van der Waals surface area contributed by atoms with E-state index < -0.39 is 5.60 Å². The molecule has 0 spiro atoms. The van der Waals surface area contributed by atoms with Gasteiger partial charge in [0.1, 0.15) is 5.60 Å². The second-order valence-electron chi connectivity index (χ2n) is 6.90. The van der Waals surface area contributed by atoms with Gasteiger partial charge in [-0.2, -0.15) is 0 Å². The molecule has 1 amide bonds. The maximum Gasteiger partial charge on any atom is 0.410 e. The Hall–Kier alpha value is -1.23. The summed E-state index contributed by atoms with van der Waals surface area (Å²) in [7, 11) is 0. The summed E-state index contributed by atoms with van der Waals surface area (Å²) in [6.45, 7) is 9.25. The van der Waals surface area contributed by atoms with E-state index in [0.29, 0.717) is 6.04 Å². The maximum absolute atomic E-state index is 12.0. The van der Waals surface area contributed by atoms with Crippen LogP contribution in [0.1, 0.15) is 39.2 Å². The maximum atomic E-state index is 12.0. The van der Waals surface area contributed by atoms with E-state index in [1.807, 2.05) is 20.8 Å². The van der Waals surface area contributed by atoms with Crippen LogP contribution in [0.4, 0.5) is 10.5 Å². The highest BCUT2D eigenvalue weighted by atomic mass is 79.9. The zero-order valence-electron chi connectivity index (χ0n) is 13.8. The van der Waals surface area contributed by atoms with Crippen LogP contribution in [-0.4, -0.2) is 35.7 Å². The Labute approximate surface area is 141 Å². The van der Waals surface area contributed by atoms with E-state index in [0.717, 1.165) is 36.1 Å². The Morgan fingerprint density at radius 2 is 1.91 bits per heavy atom. The molecule has 0 saturated carbocycles. The van der Waals surface area contributed by atoms with Gasteiger partial charge in [0.05, 0.1) is 0 Å². The molecule has 0 atom stereocenters. The largest absolute Gasteiger partial charge is 0.444 e. The number of piperidine rings is 1. The van der Waals surface area contributed by atoms with E-state index in [1.54, 1.807) is 4.90 Å². The first kappa shape index (κ1) is 17.1. The fraction of sp³-hybridized carbons (Fsp3) is 0.588. The highest BCUT2D eigenvalue weighted by Crippen LogP contribution is 2.23. The Kier molecular flexibility index (Phi) is 5.37. The lowest BCUT2D eigenvalue weighted by Gasteiger charge is -2.34. The highest BCUT2D eigenvalue weighted by Gasteiger charge is 2.26.